The number of aliphatic carboxylic acids is 1. The molecule has 0 saturated heterocycles. The lowest BCUT2D eigenvalue weighted by atomic mass is 10.2. The Balaban J connectivity index is 2.83. The van der Waals surface area contributed by atoms with E-state index in [0.717, 1.165) is 0 Å². The van der Waals surface area contributed by atoms with Crippen molar-refractivity contribution in [1.82, 2.24) is 0 Å². The Morgan fingerprint density at radius 1 is 1.56 bits per heavy atom. The third kappa shape index (κ3) is 3.85. The number of non-ortho nitro benzene ring substituents is 1. The smallest absolute Gasteiger partial charge is 0.352 e. The molecule has 0 spiro atoms. The molecule has 0 unspecified atom stereocenters. The second-order valence-corrected chi connectivity index (χ2v) is 3.53. The lowest BCUT2D eigenvalue weighted by Crippen LogP contribution is -2.14. The van der Waals surface area contributed by atoms with Crippen molar-refractivity contribution in [2.75, 3.05) is 5.43 Å². The molecule has 0 saturated carbocycles. The molecule has 0 aliphatic heterocycles. The number of nitro benzene ring substituents is 1. The number of carboxylic acids is 1. The van der Waals surface area contributed by atoms with Crippen LogP contribution in [-0.2, 0) is 4.79 Å². The van der Waals surface area contributed by atoms with Crippen LogP contribution in [0.2, 0.25) is 0 Å². The van der Waals surface area contributed by atoms with Crippen LogP contribution in [0.1, 0.15) is 19.8 Å². The van der Waals surface area contributed by atoms with E-state index in [1.165, 1.54) is 18.2 Å². The van der Waals surface area contributed by atoms with Crippen molar-refractivity contribution in [3.05, 3.63) is 34.4 Å². The summed E-state index contributed by atoms with van der Waals surface area (Å²) in [5.41, 5.74) is 2.79. The molecule has 0 aromatic heterocycles. The average molecular weight is 251 g/mol. The number of hydrazone groups is 1. The molecule has 0 radical (unpaired) electrons. The summed E-state index contributed by atoms with van der Waals surface area (Å²) in [6.07, 6.45) is 0.985. The minimum Gasteiger partial charge on any atom is -0.477 e. The first-order valence-electron chi connectivity index (χ1n) is 5.35. The molecule has 0 heterocycles. The predicted octanol–water partition coefficient (Wildman–Crippen LogP) is 2.25. The molecule has 7 nitrogen and oxygen atoms in total. The molecule has 2 N–H and O–H groups in total. The van der Waals surface area contributed by atoms with Crippen molar-refractivity contribution in [1.29, 1.82) is 0 Å². The summed E-state index contributed by atoms with van der Waals surface area (Å²) < 4.78 is 0. The highest BCUT2D eigenvalue weighted by molar-refractivity contribution is 6.35. The Kier molecular flexibility index (Phi) is 4.79. The van der Waals surface area contributed by atoms with Gasteiger partial charge in [0.2, 0.25) is 0 Å². The van der Waals surface area contributed by atoms with E-state index in [-0.39, 0.29) is 11.4 Å². The lowest BCUT2D eigenvalue weighted by Gasteiger charge is -2.02. The molecule has 0 aliphatic rings. The van der Waals surface area contributed by atoms with Crippen LogP contribution in [0.4, 0.5) is 11.4 Å². The van der Waals surface area contributed by atoms with Gasteiger partial charge in [-0.05, 0) is 12.5 Å². The monoisotopic (exact) mass is 251 g/mol. The Bertz CT molecular complexity index is 485. The van der Waals surface area contributed by atoms with Crippen molar-refractivity contribution in [2.24, 2.45) is 5.10 Å². The number of nitrogens with one attached hydrogen (secondary N) is 1. The Hall–Kier alpha value is -2.44. The van der Waals surface area contributed by atoms with Gasteiger partial charge >= 0.3 is 5.97 Å². The number of carbonyl (C=O) groups is 1. The number of nitro groups is 1. The van der Waals surface area contributed by atoms with Crippen molar-refractivity contribution in [3.63, 3.8) is 0 Å². The van der Waals surface area contributed by atoms with Gasteiger partial charge < -0.3 is 5.11 Å². The summed E-state index contributed by atoms with van der Waals surface area (Å²) in [7, 11) is 0. The van der Waals surface area contributed by atoms with E-state index in [1.807, 2.05) is 6.92 Å². The molecule has 18 heavy (non-hydrogen) atoms. The fourth-order valence-electron chi connectivity index (χ4n) is 1.27. The maximum absolute atomic E-state index is 10.8. The SMILES string of the molecule is CCCC(=NNc1cccc([N+](=O)[O-])c1)C(=O)O. The molecule has 96 valence electrons. The third-order valence-corrected chi connectivity index (χ3v) is 2.11. The molecule has 0 atom stereocenters. The zero-order valence-electron chi connectivity index (χ0n) is 9.79. The van der Waals surface area contributed by atoms with Gasteiger partial charge in [0.15, 0.2) is 0 Å². The number of hydrogen-bond donors (Lipinski definition) is 2. The quantitative estimate of drug-likeness (QED) is 0.458. The normalized spacial score (nSPS) is 11.1. The Morgan fingerprint density at radius 3 is 2.83 bits per heavy atom. The van der Waals surface area contributed by atoms with E-state index >= 15 is 0 Å². The van der Waals surface area contributed by atoms with Gasteiger partial charge in [-0.25, -0.2) is 4.79 Å². The molecule has 0 bridgehead atoms. The van der Waals surface area contributed by atoms with Crippen LogP contribution in [0.3, 0.4) is 0 Å². The van der Waals surface area contributed by atoms with Crippen LogP contribution in [0, 0.1) is 10.1 Å². The maximum Gasteiger partial charge on any atom is 0.352 e. The summed E-state index contributed by atoms with van der Waals surface area (Å²) in [4.78, 5) is 20.8. The van der Waals surface area contributed by atoms with E-state index < -0.39 is 10.9 Å². The first-order valence-corrected chi connectivity index (χ1v) is 5.35. The van der Waals surface area contributed by atoms with Crippen LogP contribution in [-0.4, -0.2) is 21.7 Å². The second-order valence-electron chi connectivity index (χ2n) is 3.53. The predicted molar refractivity (Wildman–Crippen MR) is 66.7 cm³/mol. The van der Waals surface area contributed by atoms with Gasteiger partial charge in [0.1, 0.15) is 5.71 Å². The van der Waals surface area contributed by atoms with E-state index in [2.05, 4.69) is 10.5 Å². The number of rotatable bonds is 6. The molecule has 0 aliphatic carbocycles. The van der Waals surface area contributed by atoms with Gasteiger partial charge in [0, 0.05) is 12.1 Å². The summed E-state index contributed by atoms with van der Waals surface area (Å²) in [6.45, 7) is 1.84. The van der Waals surface area contributed by atoms with Crippen LogP contribution < -0.4 is 5.43 Å². The highest BCUT2D eigenvalue weighted by Gasteiger charge is 2.09. The lowest BCUT2D eigenvalue weighted by molar-refractivity contribution is -0.384. The molecule has 1 rings (SSSR count). The molecule has 0 fully saturated rings. The van der Waals surface area contributed by atoms with Crippen molar-refractivity contribution >= 4 is 23.1 Å². The number of hydrogen-bond acceptors (Lipinski definition) is 5. The molecular formula is C11H13N3O4. The fourth-order valence-corrected chi connectivity index (χ4v) is 1.27. The topological polar surface area (TPSA) is 105 Å². The first-order chi connectivity index (χ1) is 8.54. The summed E-state index contributed by atoms with van der Waals surface area (Å²) >= 11 is 0. The van der Waals surface area contributed by atoms with Gasteiger partial charge in [-0.3, -0.25) is 15.5 Å². The third-order valence-electron chi connectivity index (χ3n) is 2.11. The van der Waals surface area contributed by atoms with Gasteiger partial charge in [0.05, 0.1) is 10.6 Å². The fraction of sp³-hybridized carbons (Fsp3) is 0.273. The van der Waals surface area contributed by atoms with E-state index in [4.69, 9.17) is 5.11 Å². The highest BCUT2D eigenvalue weighted by atomic mass is 16.6. The number of carboxylic acid groups (broad SMARTS) is 1. The highest BCUT2D eigenvalue weighted by Crippen LogP contribution is 2.16. The second kappa shape index (κ2) is 6.33. The van der Waals surface area contributed by atoms with Crippen LogP contribution in [0.15, 0.2) is 29.4 Å². The maximum atomic E-state index is 10.8. The molecule has 1 aromatic rings. The summed E-state index contributed by atoms with van der Waals surface area (Å²) in [6, 6.07) is 5.70. The van der Waals surface area contributed by atoms with E-state index in [0.29, 0.717) is 18.5 Å². The van der Waals surface area contributed by atoms with E-state index in [1.54, 1.807) is 6.07 Å². The summed E-state index contributed by atoms with van der Waals surface area (Å²) in [5, 5.41) is 23.1. The van der Waals surface area contributed by atoms with Crippen LogP contribution >= 0.6 is 0 Å². The first kappa shape index (κ1) is 13.6. The Morgan fingerprint density at radius 2 is 2.28 bits per heavy atom. The molecule has 7 heteroatoms. The van der Waals surface area contributed by atoms with Gasteiger partial charge in [0.25, 0.3) is 5.69 Å². The molecular weight excluding hydrogens is 238 g/mol. The zero-order chi connectivity index (χ0) is 13.5. The average Bonchev–Trinajstić information content (AvgIpc) is 2.34. The van der Waals surface area contributed by atoms with Gasteiger partial charge in [-0.1, -0.05) is 19.4 Å². The van der Waals surface area contributed by atoms with Crippen LogP contribution in [0.5, 0.6) is 0 Å². The number of nitrogens with zero attached hydrogens (tertiary/aromatic N) is 2. The Labute approximate surface area is 103 Å². The summed E-state index contributed by atoms with van der Waals surface area (Å²) in [5.74, 6) is -1.10. The van der Waals surface area contributed by atoms with Gasteiger partial charge in [-0.15, -0.1) is 0 Å². The van der Waals surface area contributed by atoms with E-state index in [9.17, 15) is 14.9 Å². The largest absolute Gasteiger partial charge is 0.477 e. The standard InChI is InChI=1S/C11H13N3O4/c1-2-4-10(11(15)16)13-12-8-5-3-6-9(7-8)14(17)18/h3,5-7,12H,2,4H2,1H3,(H,15,16). The molecule has 1 aromatic carbocycles. The minimum atomic E-state index is -1.10. The number of benzene rings is 1. The molecule has 0 amide bonds. The minimum absolute atomic E-state index is 0.0102. The number of anilines is 1. The van der Waals surface area contributed by atoms with Crippen molar-refractivity contribution < 1.29 is 14.8 Å². The zero-order valence-corrected chi connectivity index (χ0v) is 9.79. The van der Waals surface area contributed by atoms with Gasteiger partial charge in [-0.2, -0.15) is 5.10 Å². The van der Waals surface area contributed by atoms with Crippen LogP contribution in [0.25, 0.3) is 0 Å². The van der Waals surface area contributed by atoms with Crippen molar-refractivity contribution in [3.8, 4) is 0 Å². The van der Waals surface area contributed by atoms with Crippen molar-refractivity contribution in [2.45, 2.75) is 19.8 Å².